The van der Waals surface area contributed by atoms with Crippen molar-refractivity contribution in [3.63, 3.8) is 0 Å². The number of carbonyl (C=O) groups excluding carboxylic acids is 1. The fourth-order valence-corrected chi connectivity index (χ4v) is 5.20. The number of carboxylic acids is 1. The molecule has 0 bridgehead atoms. The molecule has 1 saturated heterocycles. The van der Waals surface area contributed by atoms with Crippen molar-refractivity contribution in [2.24, 2.45) is 0 Å². The fraction of sp³-hybridized carbons (Fsp3) is 0.250. The van der Waals surface area contributed by atoms with E-state index in [2.05, 4.69) is 28.4 Å². The number of aliphatic carboxylic acids is 1. The van der Waals surface area contributed by atoms with Crippen LogP contribution < -0.4 is 10.2 Å². The maximum absolute atomic E-state index is 13.2. The van der Waals surface area contributed by atoms with Gasteiger partial charge < -0.3 is 15.3 Å². The van der Waals surface area contributed by atoms with Gasteiger partial charge in [-0.25, -0.2) is 4.79 Å². The highest BCUT2D eigenvalue weighted by atomic mass is 16.4. The second kappa shape index (κ2) is 8.68. The van der Waals surface area contributed by atoms with E-state index < -0.39 is 17.4 Å². The first kappa shape index (κ1) is 21.7. The summed E-state index contributed by atoms with van der Waals surface area (Å²) in [6.07, 6.45) is 1.46. The van der Waals surface area contributed by atoms with Crippen LogP contribution in [0.1, 0.15) is 45.0 Å². The predicted molar refractivity (Wildman–Crippen MR) is 129 cm³/mol. The first-order chi connectivity index (χ1) is 16.5. The van der Waals surface area contributed by atoms with E-state index >= 15 is 0 Å². The van der Waals surface area contributed by atoms with Crippen molar-refractivity contribution in [1.29, 1.82) is 5.26 Å². The van der Waals surface area contributed by atoms with Crippen LogP contribution in [0, 0.1) is 11.3 Å². The number of rotatable bonds is 5. The van der Waals surface area contributed by atoms with Crippen LogP contribution in [0.25, 0.3) is 0 Å². The maximum Gasteiger partial charge on any atom is 0.330 e. The molecule has 0 saturated carbocycles. The van der Waals surface area contributed by atoms with Gasteiger partial charge >= 0.3 is 5.97 Å². The average molecular weight is 452 g/mol. The Morgan fingerprint density at radius 1 is 1.00 bits per heavy atom. The third-order valence-corrected chi connectivity index (χ3v) is 7.05. The number of hydrogen-bond acceptors (Lipinski definition) is 4. The number of nitrogens with zero attached hydrogens (tertiary/aromatic N) is 2. The molecular formula is C28H25N3O3. The Labute approximate surface area is 198 Å². The van der Waals surface area contributed by atoms with Gasteiger partial charge in [0, 0.05) is 37.4 Å². The zero-order chi connectivity index (χ0) is 23.7. The maximum atomic E-state index is 13.2. The lowest BCUT2D eigenvalue weighted by molar-refractivity contribution is -0.144. The second-order valence-electron chi connectivity index (χ2n) is 9.15. The second-order valence-corrected chi connectivity index (χ2v) is 9.15. The summed E-state index contributed by atoms with van der Waals surface area (Å²) in [5, 5.41) is 22.5. The fourth-order valence-electron chi connectivity index (χ4n) is 5.20. The van der Waals surface area contributed by atoms with Gasteiger partial charge in [0.2, 0.25) is 0 Å². The molecule has 1 fully saturated rings. The van der Waals surface area contributed by atoms with E-state index in [0.29, 0.717) is 22.7 Å². The van der Waals surface area contributed by atoms with Crippen molar-refractivity contribution < 1.29 is 14.7 Å². The highest BCUT2D eigenvalue weighted by Crippen LogP contribution is 2.34. The van der Waals surface area contributed by atoms with Crippen LogP contribution in [0.4, 0.5) is 5.69 Å². The van der Waals surface area contributed by atoms with Crippen molar-refractivity contribution in [1.82, 2.24) is 5.32 Å². The van der Waals surface area contributed by atoms with Crippen LogP contribution >= 0.6 is 0 Å². The molecular weight excluding hydrogens is 426 g/mol. The number of carboxylic acid groups (broad SMARTS) is 1. The first-order valence-electron chi connectivity index (χ1n) is 11.5. The number of anilines is 1. The lowest BCUT2D eigenvalue weighted by atomic mass is 9.95. The molecule has 34 heavy (non-hydrogen) atoms. The summed E-state index contributed by atoms with van der Waals surface area (Å²) in [4.78, 5) is 27.6. The number of fused-ring (bicyclic) bond motifs is 1. The zero-order valence-corrected chi connectivity index (χ0v) is 18.7. The molecule has 5 rings (SSSR count). The number of hydrogen-bond donors (Lipinski definition) is 2. The van der Waals surface area contributed by atoms with Gasteiger partial charge in [-0.2, -0.15) is 5.26 Å². The van der Waals surface area contributed by atoms with E-state index in [-0.39, 0.29) is 12.8 Å². The van der Waals surface area contributed by atoms with E-state index in [1.54, 1.807) is 18.2 Å². The molecule has 0 spiro atoms. The summed E-state index contributed by atoms with van der Waals surface area (Å²) < 4.78 is 0. The van der Waals surface area contributed by atoms with E-state index in [1.165, 1.54) is 5.56 Å². The molecule has 6 nitrogen and oxygen atoms in total. The molecule has 1 amide bonds. The Hall–Kier alpha value is -4.11. The highest BCUT2D eigenvalue weighted by Gasteiger charge is 2.45. The Morgan fingerprint density at radius 2 is 1.68 bits per heavy atom. The molecule has 3 aromatic rings. The molecule has 0 radical (unpaired) electrons. The number of nitriles is 1. The molecule has 1 aliphatic carbocycles. The van der Waals surface area contributed by atoms with Crippen molar-refractivity contribution >= 4 is 17.6 Å². The third-order valence-electron chi connectivity index (χ3n) is 7.05. The number of carbonyl (C=O) groups is 2. The quantitative estimate of drug-likeness (QED) is 0.614. The summed E-state index contributed by atoms with van der Waals surface area (Å²) in [6, 6.07) is 25.1. The molecule has 1 heterocycles. The molecule has 2 N–H and O–H groups in total. The van der Waals surface area contributed by atoms with Gasteiger partial charge in [0.15, 0.2) is 0 Å². The molecule has 1 atom stereocenters. The van der Waals surface area contributed by atoms with Crippen molar-refractivity contribution in [2.75, 3.05) is 18.0 Å². The molecule has 1 aliphatic heterocycles. The number of amides is 1. The monoisotopic (exact) mass is 451 g/mol. The van der Waals surface area contributed by atoms with Gasteiger partial charge in [-0.1, -0.05) is 54.6 Å². The van der Waals surface area contributed by atoms with Gasteiger partial charge in [0.1, 0.15) is 11.6 Å². The smallest absolute Gasteiger partial charge is 0.330 e. The first-order valence-corrected chi connectivity index (χ1v) is 11.5. The summed E-state index contributed by atoms with van der Waals surface area (Å²) in [5.74, 6) is -1.13. The van der Waals surface area contributed by atoms with Gasteiger partial charge in [-0.05, 0) is 41.3 Å². The molecule has 3 aromatic carbocycles. The average Bonchev–Trinajstić information content (AvgIpc) is 3.50. The summed E-state index contributed by atoms with van der Waals surface area (Å²) >= 11 is 0. The standard InChI is InChI=1S/C28H25N3O3/c29-17-23-11-10-20(14-25(23)31-13-12-24(18-31)19-6-2-1-3-7-19)26(32)30-28(27(33)34)15-21-8-4-5-9-22(21)16-28/h1-11,14,24H,12-13,15-16,18H2,(H,30,32)(H,33,34). The van der Waals surface area contributed by atoms with E-state index in [4.69, 9.17) is 0 Å². The predicted octanol–water partition coefficient (Wildman–Crippen LogP) is 3.90. The molecule has 170 valence electrons. The Bertz CT molecular complexity index is 1270. The van der Waals surface area contributed by atoms with Crippen LogP contribution in [-0.4, -0.2) is 35.6 Å². The molecule has 2 aliphatic rings. The summed E-state index contributed by atoms with van der Waals surface area (Å²) in [7, 11) is 0. The topological polar surface area (TPSA) is 93.4 Å². The molecule has 6 heteroatoms. The van der Waals surface area contributed by atoms with Crippen molar-refractivity contribution in [3.05, 3.63) is 101 Å². The SMILES string of the molecule is N#Cc1ccc(C(=O)NC2(C(=O)O)Cc3ccccc3C2)cc1N1CCC(c2ccccc2)C1. The van der Waals surface area contributed by atoms with Gasteiger partial charge in [-0.15, -0.1) is 0 Å². The lowest BCUT2D eigenvalue weighted by Crippen LogP contribution is -2.55. The number of nitrogens with one attached hydrogen (secondary N) is 1. The van der Waals surface area contributed by atoms with E-state index in [0.717, 1.165) is 30.6 Å². The van der Waals surface area contributed by atoms with Crippen LogP contribution in [0.5, 0.6) is 0 Å². The van der Waals surface area contributed by atoms with E-state index in [9.17, 15) is 20.0 Å². The van der Waals surface area contributed by atoms with Crippen molar-refractivity contribution in [2.45, 2.75) is 30.7 Å². The summed E-state index contributed by atoms with van der Waals surface area (Å²) in [6.45, 7) is 1.55. The van der Waals surface area contributed by atoms with Crippen LogP contribution in [-0.2, 0) is 17.6 Å². The lowest BCUT2D eigenvalue weighted by Gasteiger charge is -2.26. The Balaban J connectivity index is 1.39. The number of benzene rings is 3. The van der Waals surface area contributed by atoms with Gasteiger partial charge in [0.25, 0.3) is 5.91 Å². The Morgan fingerprint density at radius 3 is 2.32 bits per heavy atom. The van der Waals surface area contributed by atoms with Gasteiger partial charge in [0.05, 0.1) is 11.3 Å². The third kappa shape index (κ3) is 3.90. The minimum absolute atomic E-state index is 0.248. The van der Waals surface area contributed by atoms with Crippen LogP contribution in [0.2, 0.25) is 0 Å². The van der Waals surface area contributed by atoms with Gasteiger partial charge in [-0.3, -0.25) is 4.79 Å². The largest absolute Gasteiger partial charge is 0.479 e. The normalized spacial score (nSPS) is 18.2. The summed E-state index contributed by atoms with van der Waals surface area (Å²) in [5.41, 5.74) is 3.35. The van der Waals surface area contributed by atoms with Crippen LogP contribution in [0.15, 0.2) is 72.8 Å². The zero-order valence-electron chi connectivity index (χ0n) is 18.7. The molecule has 0 aromatic heterocycles. The minimum Gasteiger partial charge on any atom is -0.479 e. The Kier molecular flexibility index (Phi) is 5.54. The molecule has 1 unspecified atom stereocenters. The minimum atomic E-state index is -1.37. The highest BCUT2D eigenvalue weighted by molar-refractivity contribution is 5.99. The van der Waals surface area contributed by atoms with Crippen LogP contribution in [0.3, 0.4) is 0 Å². The van der Waals surface area contributed by atoms with Crippen molar-refractivity contribution in [3.8, 4) is 6.07 Å². The van der Waals surface area contributed by atoms with E-state index in [1.807, 2.05) is 42.5 Å².